The molecule has 140 valence electrons. The fourth-order valence-corrected chi connectivity index (χ4v) is 3.88. The normalized spacial score (nSPS) is 12.8. The number of aromatic nitrogens is 2. The number of amides is 1. The summed E-state index contributed by atoms with van der Waals surface area (Å²) in [5, 5.41) is -0.342. The number of carbonyl (C=O) groups is 1. The van der Waals surface area contributed by atoms with Crippen molar-refractivity contribution in [2.75, 3.05) is 6.26 Å². The van der Waals surface area contributed by atoms with Crippen LogP contribution in [0.2, 0.25) is 0 Å². The summed E-state index contributed by atoms with van der Waals surface area (Å²) >= 11 is 0. The van der Waals surface area contributed by atoms with Crippen LogP contribution in [0.15, 0.2) is 59.7 Å². The van der Waals surface area contributed by atoms with E-state index in [1.807, 2.05) is 30.3 Å². The van der Waals surface area contributed by atoms with Crippen molar-refractivity contribution in [3.05, 3.63) is 65.2 Å². The van der Waals surface area contributed by atoms with Crippen LogP contribution in [0, 0.1) is 0 Å². The number of nitrogens with zero attached hydrogens (tertiary/aromatic N) is 2. The number of aryl methyl sites for hydroxylation is 1. The first kappa shape index (κ1) is 18.8. The minimum Gasteiger partial charge on any atom is -0.369 e. The van der Waals surface area contributed by atoms with Gasteiger partial charge in [0, 0.05) is 42.2 Å². The van der Waals surface area contributed by atoms with Crippen LogP contribution >= 0.6 is 0 Å². The molecule has 0 radical (unpaired) electrons. The molecule has 1 aromatic carbocycles. The summed E-state index contributed by atoms with van der Waals surface area (Å²) in [6.07, 6.45) is 4.19. The molecule has 7 nitrogen and oxygen atoms in total. The molecule has 0 saturated carbocycles. The first-order valence-corrected chi connectivity index (χ1v) is 10.2. The predicted octanol–water partition coefficient (Wildman–Crippen LogP) is 1.35. The van der Waals surface area contributed by atoms with Gasteiger partial charge in [0.2, 0.25) is 5.91 Å². The molecule has 1 unspecified atom stereocenters. The number of nitrogens with two attached hydrogens (primary N) is 1. The van der Waals surface area contributed by atoms with E-state index in [1.54, 1.807) is 18.5 Å². The van der Waals surface area contributed by atoms with Crippen LogP contribution in [0.4, 0.5) is 0 Å². The van der Waals surface area contributed by atoms with Crippen molar-refractivity contribution in [1.82, 2.24) is 9.55 Å². The highest BCUT2D eigenvalue weighted by Crippen LogP contribution is 2.21. The van der Waals surface area contributed by atoms with E-state index >= 15 is 0 Å². The van der Waals surface area contributed by atoms with Crippen LogP contribution in [0.5, 0.6) is 0 Å². The molecular weight excluding hydrogens is 366 g/mol. The average Bonchev–Trinajstić information content (AvgIpc) is 2.61. The van der Waals surface area contributed by atoms with Gasteiger partial charge < -0.3 is 10.3 Å². The van der Waals surface area contributed by atoms with Gasteiger partial charge in [0.25, 0.3) is 5.56 Å². The molecule has 0 saturated heterocycles. The van der Waals surface area contributed by atoms with Crippen molar-refractivity contribution in [1.29, 1.82) is 0 Å². The highest BCUT2D eigenvalue weighted by Gasteiger charge is 2.26. The lowest BCUT2D eigenvalue weighted by molar-refractivity contribution is -0.117. The lowest BCUT2D eigenvalue weighted by Gasteiger charge is -2.13. The van der Waals surface area contributed by atoms with Crippen LogP contribution in [0.25, 0.3) is 22.0 Å². The molecule has 27 heavy (non-hydrogen) atoms. The highest BCUT2D eigenvalue weighted by molar-refractivity contribution is 7.92. The van der Waals surface area contributed by atoms with Crippen molar-refractivity contribution < 1.29 is 13.2 Å². The Kier molecular flexibility index (Phi) is 5.09. The molecule has 1 amide bonds. The van der Waals surface area contributed by atoms with E-state index in [1.165, 1.54) is 10.6 Å². The van der Waals surface area contributed by atoms with Crippen LogP contribution in [0.3, 0.4) is 0 Å². The van der Waals surface area contributed by atoms with Crippen molar-refractivity contribution in [3.8, 4) is 11.1 Å². The number of hydrogen-bond donors (Lipinski definition) is 1. The van der Waals surface area contributed by atoms with Crippen LogP contribution < -0.4 is 11.3 Å². The van der Waals surface area contributed by atoms with Gasteiger partial charge in [-0.1, -0.05) is 18.2 Å². The van der Waals surface area contributed by atoms with Crippen LogP contribution in [0.1, 0.15) is 6.42 Å². The summed E-state index contributed by atoms with van der Waals surface area (Å²) in [7, 11) is -3.62. The second-order valence-corrected chi connectivity index (χ2v) is 8.60. The Morgan fingerprint density at radius 2 is 1.93 bits per heavy atom. The van der Waals surface area contributed by atoms with Gasteiger partial charge in [-0.05, 0) is 30.2 Å². The van der Waals surface area contributed by atoms with Gasteiger partial charge in [-0.25, -0.2) is 8.42 Å². The Balaban J connectivity index is 1.85. The fourth-order valence-electron chi connectivity index (χ4n) is 2.92. The molecule has 2 aromatic heterocycles. The largest absolute Gasteiger partial charge is 0.369 e. The molecule has 0 bridgehead atoms. The van der Waals surface area contributed by atoms with E-state index in [4.69, 9.17) is 5.73 Å². The van der Waals surface area contributed by atoms with E-state index < -0.39 is 21.0 Å². The molecule has 2 N–H and O–H groups in total. The molecule has 0 aliphatic carbocycles. The third kappa shape index (κ3) is 4.22. The molecule has 2 heterocycles. The lowest BCUT2D eigenvalue weighted by Crippen LogP contribution is -2.36. The molecule has 0 fully saturated rings. The molecule has 1 atom stereocenters. The standard InChI is InChI=1S/C19H19N3O4S/c1-27(25,26)17(19(20)24)7-9-22-8-6-13(11-18(22)23)15-10-14-4-2-3-5-16(14)21-12-15/h2-6,8,10-12,17H,7,9H2,1H3,(H2,20,24). The maximum absolute atomic E-state index is 12.4. The number of sulfone groups is 1. The van der Waals surface area contributed by atoms with E-state index in [2.05, 4.69) is 4.98 Å². The van der Waals surface area contributed by atoms with Crippen molar-refractivity contribution in [3.63, 3.8) is 0 Å². The van der Waals surface area contributed by atoms with Gasteiger partial charge in [-0.2, -0.15) is 0 Å². The number of primary amides is 1. The number of para-hydroxylation sites is 1. The van der Waals surface area contributed by atoms with Crippen LogP contribution in [-0.2, 0) is 21.2 Å². The minimum absolute atomic E-state index is 0.0506. The summed E-state index contributed by atoms with van der Waals surface area (Å²) in [6, 6.07) is 12.9. The quantitative estimate of drug-likeness (QED) is 0.688. The van der Waals surface area contributed by atoms with Gasteiger partial charge in [0.15, 0.2) is 9.84 Å². The Morgan fingerprint density at radius 3 is 2.59 bits per heavy atom. The Labute approximate surface area is 156 Å². The zero-order valence-electron chi connectivity index (χ0n) is 14.7. The minimum atomic E-state index is -3.62. The summed E-state index contributed by atoms with van der Waals surface area (Å²) in [6.45, 7) is 0.0791. The van der Waals surface area contributed by atoms with E-state index in [-0.39, 0.29) is 18.5 Å². The fraction of sp³-hybridized carbons (Fsp3) is 0.211. The summed E-state index contributed by atoms with van der Waals surface area (Å²) in [5.41, 5.74) is 7.25. The average molecular weight is 385 g/mol. The molecule has 0 aliphatic rings. The number of fused-ring (bicyclic) bond motifs is 1. The number of carbonyl (C=O) groups excluding carboxylic acids is 1. The molecular formula is C19H19N3O4S. The molecule has 0 spiro atoms. The lowest BCUT2D eigenvalue weighted by atomic mass is 10.1. The third-order valence-electron chi connectivity index (χ3n) is 4.39. The highest BCUT2D eigenvalue weighted by atomic mass is 32.2. The number of benzene rings is 1. The first-order chi connectivity index (χ1) is 12.8. The van der Waals surface area contributed by atoms with Gasteiger partial charge in [-0.3, -0.25) is 14.6 Å². The molecule has 8 heteroatoms. The summed E-state index contributed by atoms with van der Waals surface area (Å²) in [5.74, 6) is -0.913. The van der Waals surface area contributed by atoms with Gasteiger partial charge >= 0.3 is 0 Å². The second kappa shape index (κ2) is 7.32. The Hall–Kier alpha value is -3.00. The maximum atomic E-state index is 12.4. The van der Waals surface area contributed by atoms with Crippen LogP contribution in [-0.4, -0.2) is 35.4 Å². The zero-order chi connectivity index (χ0) is 19.6. The summed E-state index contributed by atoms with van der Waals surface area (Å²) in [4.78, 5) is 28.1. The van der Waals surface area contributed by atoms with Crippen molar-refractivity contribution in [2.24, 2.45) is 5.73 Å². The molecule has 0 aliphatic heterocycles. The Morgan fingerprint density at radius 1 is 1.19 bits per heavy atom. The topological polar surface area (TPSA) is 112 Å². The van der Waals surface area contributed by atoms with Gasteiger partial charge in [-0.15, -0.1) is 0 Å². The summed E-state index contributed by atoms with van der Waals surface area (Å²) < 4.78 is 24.6. The van der Waals surface area contributed by atoms with E-state index in [9.17, 15) is 18.0 Å². The van der Waals surface area contributed by atoms with Gasteiger partial charge in [0.1, 0.15) is 5.25 Å². The predicted molar refractivity (Wildman–Crippen MR) is 104 cm³/mol. The van der Waals surface area contributed by atoms with Crippen molar-refractivity contribution in [2.45, 2.75) is 18.2 Å². The third-order valence-corrected chi connectivity index (χ3v) is 5.89. The number of rotatable bonds is 6. The van der Waals surface area contributed by atoms with Gasteiger partial charge in [0.05, 0.1) is 5.52 Å². The number of pyridine rings is 2. The van der Waals surface area contributed by atoms with Crippen molar-refractivity contribution >= 4 is 26.6 Å². The molecule has 3 rings (SSSR count). The monoisotopic (exact) mass is 385 g/mol. The number of hydrogen-bond acceptors (Lipinski definition) is 5. The Bertz CT molecular complexity index is 1170. The zero-order valence-corrected chi connectivity index (χ0v) is 15.5. The van der Waals surface area contributed by atoms with E-state index in [0.29, 0.717) is 5.56 Å². The van der Waals surface area contributed by atoms with E-state index in [0.717, 1.165) is 22.7 Å². The first-order valence-electron chi connectivity index (χ1n) is 8.29. The maximum Gasteiger partial charge on any atom is 0.251 e. The smallest absolute Gasteiger partial charge is 0.251 e. The molecule has 3 aromatic rings. The second-order valence-electron chi connectivity index (χ2n) is 6.37. The SMILES string of the molecule is CS(=O)(=O)C(CCn1ccc(-c2cnc3ccccc3c2)cc1=O)C(N)=O.